The Morgan fingerprint density at radius 3 is 2.36 bits per heavy atom. The third-order valence-corrected chi connectivity index (χ3v) is 7.42. The van der Waals surface area contributed by atoms with Gasteiger partial charge in [0, 0.05) is 12.6 Å². The van der Waals surface area contributed by atoms with Gasteiger partial charge in [0.2, 0.25) is 15.9 Å². The number of rotatable bonds is 4. The summed E-state index contributed by atoms with van der Waals surface area (Å²) in [4.78, 5) is 13.0. The van der Waals surface area contributed by atoms with E-state index in [0.29, 0.717) is 13.0 Å². The molecule has 0 bridgehead atoms. The fourth-order valence-corrected chi connectivity index (χ4v) is 5.49. The molecule has 2 aliphatic rings. The van der Waals surface area contributed by atoms with Gasteiger partial charge in [-0.25, -0.2) is 8.42 Å². The molecular weight excluding hydrogens is 336 g/mol. The molecule has 1 heterocycles. The van der Waals surface area contributed by atoms with E-state index in [1.165, 1.54) is 4.31 Å². The van der Waals surface area contributed by atoms with Crippen LogP contribution in [0.3, 0.4) is 0 Å². The van der Waals surface area contributed by atoms with Gasteiger partial charge in [0.05, 0.1) is 4.90 Å². The summed E-state index contributed by atoms with van der Waals surface area (Å²) in [5.74, 6) is 0.589. The highest BCUT2D eigenvalue weighted by atomic mass is 32.2. The lowest BCUT2D eigenvalue weighted by Crippen LogP contribution is -2.49. The zero-order chi connectivity index (χ0) is 18.0. The Hall–Kier alpha value is -1.40. The van der Waals surface area contributed by atoms with Crippen molar-refractivity contribution in [1.82, 2.24) is 9.62 Å². The van der Waals surface area contributed by atoms with Crippen LogP contribution in [0, 0.1) is 12.8 Å². The SMILES string of the molecule is Cc1ccc(S(=O)(=O)N2CCC[C@H]2C(=O)NC2CCC(C)CC2)cc1. The Morgan fingerprint density at radius 1 is 1.08 bits per heavy atom. The average Bonchev–Trinajstić information content (AvgIpc) is 3.08. The van der Waals surface area contributed by atoms with Gasteiger partial charge in [0.1, 0.15) is 6.04 Å². The molecule has 1 amide bonds. The molecule has 1 N–H and O–H groups in total. The number of nitrogens with one attached hydrogen (secondary N) is 1. The summed E-state index contributed by atoms with van der Waals surface area (Å²) in [5.41, 5.74) is 1.01. The van der Waals surface area contributed by atoms with Gasteiger partial charge >= 0.3 is 0 Å². The summed E-state index contributed by atoms with van der Waals surface area (Å²) in [5, 5.41) is 3.10. The first-order valence-electron chi connectivity index (χ1n) is 9.27. The highest BCUT2D eigenvalue weighted by Crippen LogP contribution is 2.28. The molecule has 1 aliphatic heterocycles. The van der Waals surface area contributed by atoms with Crippen LogP contribution in [0.4, 0.5) is 0 Å². The minimum Gasteiger partial charge on any atom is -0.352 e. The summed E-state index contributed by atoms with van der Waals surface area (Å²) in [7, 11) is -3.63. The van der Waals surface area contributed by atoms with Crippen molar-refractivity contribution in [2.75, 3.05) is 6.54 Å². The summed E-state index contributed by atoms with van der Waals surface area (Å²) < 4.78 is 27.3. The molecular formula is C19H28N2O3S. The number of nitrogens with zero attached hydrogens (tertiary/aromatic N) is 1. The normalized spacial score (nSPS) is 28.0. The summed E-state index contributed by atoms with van der Waals surface area (Å²) in [6.45, 7) is 4.58. The van der Waals surface area contributed by atoms with Crippen molar-refractivity contribution < 1.29 is 13.2 Å². The van der Waals surface area contributed by atoms with Crippen LogP contribution in [0.25, 0.3) is 0 Å². The second-order valence-corrected chi connectivity index (χ2v) is 9.44. The number of amides is 1. The van der Waals surface area contributed by atoms with Gasteiger partial charge in [-0.2, -0.15) is 4.31 Å². The van der Waals surface area contributed by atoms with E-state index in [-0.39, 0.29) is 16.8 Å². The van der Waals surface area contributed by atoms with Crippen molar-refractivity contribution >= 4 is 15.9 Å². The first kappa shape index (κ1) is 18.4. The van der Waals surface area contributed by atoms with Crippen LogP contribution >= 0.6 is 0 Å². The monoisotopic (exact) mass is 364 g/mol. The molecule has 1 saturated carbocycles. The van der Waals surface area contributed by atoms with E-state index in [4.69, 9.17) is 0 Å². The van der Waals surface area contributed by atoms with Crippen LogP contribution in [-0.2, 0) is 14.8 Å². The molecule has 1 atom stereocenters. The molecule has 0 spiro atoms. The highest BCUT2D eigenvalue weighted by Gasteiger charge is 2.40. The van der Waals surface area contributed by atoms with Gasteiger partial charge in [-0.3, -0.25) is 4.79 Å². The molecule has 3 rings (SSSR count). The third kappa shape index (κ3) is 4.06. The standard InChI is InChI=1S/C19H28N2O3S/c1-14-5-9-16(10-6-14)20-19(22)18-4-3-13-21(18)25(23,24)17-11-7-15(2)8-12-17/h7-8,11-12,14,16,18H,3-6,9-10,13H2,1-2H3,(H,20,22)/t14?,16?,18-/m0/s1. The Balaban J connectivity index is 1.71. The van der Waals surface area contributed by atoms with Gasteiger partial charge in [0.25, 0.3) is 0 Å². The van der Waals surface area contributed by atoms with Crippen LogP contribution in [0.5, 0.6) is 0 Å². The van der Waals surface area contributed by atoms with Crippen molar-refractivity contribution in [3.63, 3.8) is 0 Å². The molecule has 25 heavy (non-hydrogen) atoms. The summed E-state index contributed by atoms with van der Waals surface area (Å²) in [6, 6.07) is 6.45. The predicted molar refractivity (Wildman–Crippen MR) is 97.7 cm³/mol. The molecule has 1 saturated heterocycles. The van der Waals surface area contributed by atoms with Gasteiger partial charge in [-0.15, -0.1) is 0 Å². The van der Waals surface area contributed by atoms with Crippen LogP contribution in [-0.4, -0.2) is 37.3 Å². The number of aryl methyl sites for hydroxylation is 1. The zero-order valence-corrected chi connectivity index (χ0v) is 15.9. The fourth-order valence-electron chi connectivity index (χ4n) is 3.84. The summed E-state index contributed by atoms with van der Waals surface area (Å²) >= 11 is 0. The molecule has 5 nitrogen and oxygen atoms in total. The van der Waals surface area contributed by atoms with Crippen molar-refractivity contribution in [1.29, 1.82) is 0 Å². The van der Waals surface area contributed by atoms with Crippen LogP contribution < -0.4 is 5.32 Å². The lowest BCUT2D eigenvalue weighted by atomic mass is 9.87. The van der Waals surface area contributed by atoms with E-state index < -0.39 is 16.1 Å². The molecule has 1 aliphatic carbocycles. The fraction of sp³-hybridized carbons (Fsp3) is 0.632. The minimum atomic E-state index is -3.63. The Kier molecular flexibility index (Phi) is 5.49. The average molecular weight is 365 g/mol. The summed E-state index contributed by atoms with van der Waals surface area (Å²) in [6.07, 6.45) is 5.56. The number of hydrogen-bond donors (Lipinski definition) is 1. The van der Waals surface area contributed by atoms with Crippen molar-refractivity contribution in [3.8, 4) is 0 Å². The Labute approximate surface area is 150 Å². The number of carbonyl (C=O) groups is 1. The van der Waals surface area contributed by atoms with Crippen LogP contribution in [0.1, 0.15) is 51.0 Å². The molecule has 138 valence electrons. The maximum atomic E-state index is 12.9. The minimum absolute atomic E-state index is 0.132. The van der Waals surface area contributed by atoms with E-state index in [1.54, 1.807) is 24.3 Å². The first-order chi connectivity index (χ1) is 11.9. The number of benzene rings is 1. The topological polar surface area (TPSA) is 66.5 Å². The van der Waals surface area contributed by atoms with Gasteiger partial charge in [0.15, 0.2) is 0 Å². The lowest BCUT2D eigenvalue weighted by molar-refractivity contribution is -0.125. The van der Waals surface area contributed by atoms with Gasteiger partial charge in [-0.05, 0) is 63.5 Å². The Bertz CT molecular complexity index is 707. The molecule has 2 fully saturated rings. The third-order valence-electron chi connectivity index (χ3n) is 5.50. The quantitative estimate of drug-likeness (QED) is 0.893. The molecule has 6 heteroatoms. The van der Waals surface area contributed by atoms with E-state index in [2.05, 4.69) is 12.2 Å². The van der Waals surface area contributed by atoms with E-state index >= 15 is 0 Å². The van der Waals surface area contributed by atoms with Crippen molar-refractivity contribution in [3.05, 3.63) is 29.8 Å². The first-order valence-corrected chi connectivity index (χ1v) is 10.7. The molecule has 1 aromatic carbocycles. The number of sulfonamides is 1. The van der Waals surface area contributed by atoms with Gasteiger partial charge < -0.3 is 5.32 Å². The van der Waals surface area contributed by atoms with E-state index in [9.17, 15) is 13.2 Å². The molecule has 0 unspecified atom stereocenters. The smallest absolute Gasteiger partial charge is 0.243 e. The predicted octanol–water partition coefficient (Wildman–Crippen LogP) is 2.84. The second-order valence-electron chi connectivity index (χ2n) is 7.55. The van der Waals surface area contributed by atoms with Crippen LogP contribution in [0.2, 0.25) is 0 Å². The molecule has 0 aromatic heterocycles. The molecule has 0 radical (unpaired) electrons. The van der Waals surface area contributed by atoms with E-state index in [1.807, 2.05) is 6.92 Å². The van der Waals surface area contributed by atoms with Crippen molar-refractivity contribution in [2.45, 2.75) is 69.4 Å². The second kappa shape index (κ2) is 7.46. The number of hydrogen-bond acceptors (Lipinski definition) is 3. The lowest BCUT2D eigenvalue weighted by Gasteiger charge is -2.30. The van der Waals surface area contributed by atoms with Crippen molar-refractivity contribution in [2.24, 2.45) is 5.92 Å². The van der Waals surface area contributed by atoms with Gasteiger partial charge in [-0.1, -0.05) is 24.6 Å². The highest BCUT2D eigenvalue weighted by molar-refractivity contribution is 7.89. The maximum Gasteiger partial charge on any atom is 0.243 e. The van der Waals surface area contributed by atoms with Crippen LogP contribution in [0.15, 0.2) is 29.2 Å². The molecule has 1 aromatic rings. The zero-order valence-electron chi connectivity index (χ0n) is 15.1. The Morgan fingerprint density at radius 2 is 1.72 bits per heavy atom. The maximum absolute atomic E-state index is 12.9. The largest absolute Gasteiger partial charge is 0.352 e. The number of carbonyl (C=O) groups excluding carboxylic acids is 1. The van der Waals surface area contributed by atoms with E-state index in [0.717, 1.165) is 43.6 Å².